The van der Waals surface area contributed by atoms with Gasteiger partial charge in [0.05, 0.1) is 11.1 Å². The predicted octanol–water partition coefficient (Wildman–Crippen LogP) is 4.31. The summed E-state index contributed by atoms with van der Waals surface area (Å²) >= 11 is 5.66. The number of fused-ring (bicyclic) bond motifs is 3. The van der Waals surface area contributed by atoms with E-state index >= 15 is 0 Å². The van der Waals surface area contributed by atoms with Gasteiger partial charge in [0.15, 0.2) is 11.4 Å². The Morgan fingerprint density at radius 2 is 2.04 bits per heavy atom. The van der Waals surface area contributed by atoms with Crippen molar-refractivity contribution in [1.82, 2.24) is 9.97 Å². The number of furan rings is 1. The third-order valence-corrected chi connectivity index (χ3v) is 4.26. The standard InChI is InChI=1S/C18H13ClFN3O2/c19-12-6-5-10(7-13(12)20)14(24)8-21-18-17-16(22-9-23-18)11-3-1-2-4-15(11)25-17/h1-7,9,14,24H,8H2,(H,21,22,23). The average molecular weight is 358 g/mol. The number of benzene rings is 2. The number of aliphatic hydroxyl groups excluding tert-OH is 1. The molecular weight excluding hydrogens is 345 g/mol. The van der Waals surface area contributed by atoms with Gasteiger partial charge < -0.3 is 14.8 Å². The fraction of sp³-hybridized carbons (Fsp3) is 0.111. The molecule has 0 saturated heterocycles. The number of para-hydroxylation sites is 1. The normalized spacial score (nSPS) is 12.6. The Labute approximate surface area is 147 Å². The largest absolute Gasteiger partial charge is 0.450 e. The zero-order valence-electron chi connectivity index (χ0n) is 12.9. The monoisotopic (exact) mass is 357 g/mol. The molecule has 4 rings (SSSR count). The van der Waals surface area contributed by atoms with Crippen LogP contribution in [0.3, 0.4) is 0 Å². The number of hydrogen-bond acceptors (Lipinski definition) is 5. The van der Waals surface area contributed by atoms with Gasteiger partial charge in [-0.15, -0.1) is 0 Å². The van der Waals surface area contributed by atoms with Crippen molar-refractivity contribution in [1.29, 1.82) is 0 Å². The molecule has 0 radical (unpaired) electrons. The van der Waals surface area contributed by atoms with E-state index in [0.717, 1.165) is 5.39 Å². The number of aliphatic hydroxyl groups is 1. The summed E-state index contributed by atoms with van der Waals surface area (Å²) in [6, 6.07) is 11.8. The maximum atomic E-state index is 13.5. The first-order valence-electron chi connectivity index (χ1n) is 7.62. The van der Waals surface area contributed by atoms with Gasteiger partial charge in [-0.2, -0.15) is 0 Å². The molecule has 0 bridgehead atoms. The molecule has 25 heavy (non-hydrogen) atoms. The van der Waals surface area contributed by atoms with Crippen LogP contribution in [-0.4, -0.2) is 21.6 Å². The van der Waals surface area contributed by atoms with Crippen molar-refractivity contribution in [3.8, 4) is 0 Å². The van der Waals surface area contributed by atoms with Gasteiger partial charge in [0, 0.05) is 11.9 Å². The second-order valence-corrected chi connectivity index (χ2v) is 5.98. The van der Waals surface area contributed by atoms with Crippen LogP contribution in [0.2, 0.25) is 5.02 Å². The average Bonchev–Trinajstić information content (AvgIpc) is 3.01. The van der Waals surface area contributed by atoms with Crippen molar-refractivity contribution in [2.75, 3.05) is 11.9 Å². The van der Waals surface area contributed by atoms with Gasteiger partial charge in [-0.3, -0.25) is 0 Å². The van der Waals surface area contributed by atoms with Crippen molar-refractivity contribution in [2.45, 2.75) is 6.10 Å². The molecule has 2 aromatic carbocycles. The molecule has 1 atom stereocenters. The van der Waals surface area contributed by atoms with Gasteiger partial charge in [0.25, 0.3) is 0 Å². The minimum atomic E-state index is -0.929. The van der Waals surface area contributed by atoms with E-state index in [9.17, 15) is 9.50 Å². The van der Waals surface area contributed by atoms with Crippen LogP contribution in [0.4, 0.5) is 10.2 Å². The second-order valence-electron chi connectivity index (χ2n) is 5.57. The van der Waals surface area contributed by atoms with Crippen LogP contribution < -0.4 is 5.32 Å². The van der Waals surface area contributed by atoms with Crippen LogP contribution in [0.15, 0.2) is 53.2 Å². The van der Waals surface area contributed by atoms with Crippen LogP contribution in [0.25, 0.3) is 22.1 Å². The Morgan fingerprint density at radius 3 is 2.88 bits per heavy atom. The molecule has 1 unspecified atom stereocenters. The van der Waals surface area contributed by atoms with E-state index in [1.54, 1.807) is 6.07 Å². The van der Waals surface area contributed by atoms with Crippen LogP contribution in [0.1, 0.15) is 11.7 Å². The van der Waals surface area contributed by atoms with E-state index < -0.39 is 11.9 Å². The summed E-state index contributed by atoms with van der Waals surface area (Å²) < 4.78 is 19.3. The molecule has 2 heterocycles. The molecule has 0 spiro atoms. The smallest absolute Gasteiger partial charge is 0.196 e. The zero-order valence-corrected chi connectivity index (χ0v) is 13.7. The number of nitrogens with one attached hydrogen (secondary N) is 1. The first-order chi connectivity index (χ1) is 12.1. The van der Waals surface area contributed by atoms with E-state index in [-0.39, 0.29) is 11.6 Å². The molecule has 4 aromatic rings. The van der Waals surface area contributed by atoms with Gasteiger partial charge in [0.2, 0.25) is 0 Å². The quantitative estimate of drug-likeness (QED) is 0.569. The second kappa shape index (κ2) is 6.31. The Balaban J connectivity index is 1.61. The summed E-state index contributed by atoms with van der Waals surface area (Å²) in [5, 5.41) is 14.2. The summed E-state index contributed by atoms with van der Waals surface area (Å²) in [4.78, 5) is 8.44. The molecule has 7 heteroatoms. The summed E-state index contributed by atoms with van der Waals surface area (Å²) in [5.74, 6) is -0.102. The SMILES string of the molecule is OC(CNc1ncnc2c1oc1ccccc12)c1ccc(Cl)c(F)c1. The molecule has 2 aromatic heterocycles. The first kappa shape index (κ1) is 15.8. The van der Waals surface area contributed by atoms with E-state index in [0.29, 0.717) is 28.1 Å². The highest BCUT2D eigenvalue weighted by Gasteiger charge is 2.15. The number of anilines is 1. The van der Waals surface area contributed by atoms with Gasteiger partial charge in [-0.25, -0.2) is 14.4 Å². The maximum absolute atomic E-state index is 13.5. The zero-order chi connectivity index (χ0) is 17.4. The molecule has 5 nitrogen and oxygen atoms in total. The Kier molecular flexibility index (Phi) is 3.99. The molecule has 0 saturated carbocycles. The van der Waals surface area contributed by atoms with Crippen molar-refractivity contribution in [3.05, 3.63) is 65.2 Å². The van der Waals surface area contributed by atoms with Gasteiger partial charge >= 0.3 is 0 Å². The predicted molar refractivity (Wildman–Crippen MR) is 94.2 cm³/mol. The lowest BCUT2D eigenvalue weighted by Gasteiger charge is -2.13. The Hall–Kier alpha value is -2.70. The third kappa shape index (κ3) is 2.90. The van der Waals surface area contributed by atoms with Gasteiger partial charge in [-0.05, 0) is 29.8 Å². The molecule has 0 aliphatic rings. The molecule has 126 valence electrons. The minimum absolute atomic E-state index is 0.0173. The van der Waals surface area contributed by atoms with Crippen LogP contribution >= 0.6 is 11.6 Å². The third-order valence-electron chi connectivity index (χ3n) is 3.95. The number of nitrogens with zero attached hydrogens (tertiary/aromatic N) is 2. The highest BCUT2D eigenvalue weighted by Crippen LogP contribution is 2.30. The summed E-state index contributed by atoms with van der Waals surface area (Å²) in [6.07, 6.45) is 0.502. The number of rotatable bonds is 4. The summed E-state index contributed by atoms with van der Waals surface area (Å²) in [5.41, 5.74) is 2.34. The van der Waals surface area contributed by atoms with Gasteiger partial charge in [-0.1, -0.05) is 29.8 Å². The van der Waals surface area contributed by atoms with E-state index in [1.807, 2.05) is 24.3 Å². The minimum Gasteiger partial charge on any atom is -0.450 e. The highest BCUT2D eigenvalue weighted by atomic mass is 35.5. The van der Waals surface area contributed by atoms with Crippen LogP contribution in [0, 0.1) is 5.82 Å². The van der Waals surface area contributed by atoms with Crippen LogP contribution in [-0.2, 0) is 0 Å². The number of aromatic nitrogens is 2. The van der Waals surface area contributed by atoms with E-state index in [2.05, 4.69) is 15.3 Å². The fourth-order valence-electron chi connectivity index (χ4n) is 2.68. The van der Waals surface area contributed by atoms with E-state index in [1.165, 1.54) is 18.5 Å². The van der Waals surface area contributed by atoms with Crippen molar-refractivity contribution < 1.29 is 13.9 Å². The lowest BCUT2D eigenvalue weighted by atomic mass is 10.1. The fourth-order valence-corrected chi connectivity index (χ4v) is 2.80. The first-order valence-corrected chi connectivity index (χ1v) is 8.00. The Bertz CT molecular complexity index is 1070. The number of hydrogen-bond donors (Lipinski definition) is 2. The van der Waals surface area contributed by atoms with E-state index in [4.69, 9.17) is 16.0 Å². The van der Waals surface area contributed by atoms with Crippen LogP contribution in [0.5, 0.6) is 0 Å². The van der Waals surface area contributed by atoms with Crippen molar-refractivity contribution in [3.63, 3.8) is 0 Å². The Morgan fingerprint density at radius 1 is 1.20 bits per heavy atom. The molecular formula is C18H13ClFN3O2. The topological polar surface area (TPSA) is 71.2 Å². The van der Waals surface area contributed by atoms with Crippen molar-refractivity contribution in [2.24, 2.45) is 0 Å². The molecule has 0 aliphatic heterocycles. The molecule has 2 N–H and O–H groups in total. The summed E-state index contributed by atoms with van der Waals surface area (Å²) in [6.45, 7) is 0.129. The van der Waals surface area contributed by atoms with Gasteiger partial charge in [0.1, 0.15) is 23.2 Å². The maximum Gasteiger partial charge on any atom is 0.196 e. The lowest BCUT2D eigenvalue weighted by Crippen LogP contribution is -2.13. The summed E-state index contributed by atoms with van der Waals surface area (Å²) in [7, 11) is 0. The highest BCUT2D eigenvalue weighted by molar-refractivity contribution is 6.30. The van der Waals surface area contributed by atoms with Crippen molar-refractivity contribution >= 4 is 39.5 Å². The lowest BCUT2D eigenvalue weighted by molar-refractivity contribution is 0.191. The number of halogens is 2. The molecule has 0 fully saturated rings. The molecule has 0 aliphatic carbocycles. The molecule has 0 amide bonds.